The first-order valence-electron chi connectivity index (χ1n) is 9.25. The fourth-order valence-electron chi connectivity index (χ4n) is 3.65. The van der Waals surface area contributed by atoms with Gasteiger partial charge in [-0.25, -0.2) is 8.78 Å². The molecular weight excluding hydrogens is 416 g/mol. The molecule has 2 N–H and O–H groups in total. The van der Waals surface area contributed by atoms with Gasteiger partial charge in [-0.2, -0.15) is 0 Å². The molecule has 0 atom stereocenters. The first-order chi connectivity index (χ1) is 14.4. The zero-order valence-electron chi connectivity index (χ0n) is 16.0. The number of methoxy groups -OCH3 is 1. The van der Waals surface area contributed by atoms with Gasteiger partial charge < -0.3 is 15.0 Å². The fourth-order valence-corrected chi connectivity index (χ4v) is 3.90. The summed E-state index contributed by atoms with van der Waals surface area (Å²) in [7, 11) is 1.52. The second kappa shape index (κ2) is 8.04. The minimum absolute atomic E-state index is 0.00174. The summed E-state index contributed by atoms with van der Waals surface area (Å²) in [5.41, 5.74) is 1.85. The van der Waals surface area contributed by atoms with Gasteiger partial charge in [-0.05, 0) is 24.3 Å². The molecule has 9 heteroatoms. The van der Waals surface area contributed by atoms with Gasteiger partial charge in [0.2, 0.25) is 5.91 Å². The highest BCUT2D eigenvalue weighted by Gasteiger charge is 2.24. The van der Waals surface area contributed by atoms with Crippen LogP contribution in [0.2, 0.25) is 5.02 Å². The van der Waals surface area contributed by atoms with Crippen molar-refractivity contribution in [1.29, 1.82) is 0 Å². The minimum Gasteiger partial charge on any atom is -0.495 e. The minimum atomic E-state index is -1.04. The molecule has 0 spiro atoms. The monoisotopic (exact) mass is 433 g/mol. The number of amides is 1. The molecule has 3 aromatic rings. The molecule has 2 aromatic carbocycles. The number of aromatic nitrogens is 1. The molecule has 0 saturated heterocycles. The van der Waals surface area contributed by atoms with E-state index in [1.807, 2.05) is 4.90 Å². The van der Waals surface area contributed by atoms with Gasteiger partial charge in [0.15, 0.2) is 17.1 Å². The van der Waals surface area contributed by atoms with Crippen molar-refractivity contribution in [2.24, 2.45) is 0 Å². The molecular formula is C21H18ClF2N3O3. The zero-order chi connectivity index (χ0) is 21.4. The molecule has 2 heterocycles. The maximum atomic E-state index is 13.3. The Morgan fingerprint density at radius 3 is 2.80 bits per heavy atom. The van der Waals surface area contributed by atoms with Crippen molar-refractivity contribution in [3.63, 3.8) is 0 Å². The van der Waals surface area contributed by atoms with Gasteiger partial charge in [-0.15, -0.1) is 0 Å². The summed E-state index contributed by atoms with van der Waals surface area (Å²) in [6.45, 7) is 0.809. The van der Waals surface area contributed by atoms with E-state index < -0.39 is 11.6 Å². The topological polar surface area (TPSA) is 74.4 Å². The average Bonchev–Trinajstić information content (AvgIpc) is 2.71. The summed E-state index contributed by atoms with van der Waals surface area (Å²) >= 11 is 6.26. The third-order valence-electron chi connectivity index (χ3n) is 5.11. The van der Waals surface area contributed by atoms with Gasteiger partial charge in [0.1, 0.15) is 5.75 Å². The van der Waals surface area contributed by atoms with Crippen LogP contribution < -0.4 is 15.5 Å². The molecule has 0 radical (unpaired) electrons. The number of anilines is 1. The third-order valence-corrected chi connectivity index (χ3v) is 5.42. The number of aromatic amines is 1. The van der Waals surface area contributed by atoms with Crippen molar-refractivity contribution in [1.82, 2.24) is 9.88 Å². The molecule has 0 saturated carbocycles. The van der Waals surface area contributed by atoms with E-state index in [2.05, 4.69) is 10.3 Å². The van der Waals surface area contributed by atoms with Crippen molar-refractivity contribution in [3.8, 4) is 5.75 Å². The number of halogens is 3. The number of hydrogen-bond acceptors (Lipinski definition) is 4. The Bertz CT molecular complexity index is 1210. The van der Waals surface area contributed by atoms with Gasteiger partial charge in [0.05, 0.1) is 29.6 Å². The lowest BCUT2D eigenvalue weighted by Gasteiger charge is -2.28. The highest BCUT2D eigenvalue weighted by molar-refractivity contribution is 6.35. The van der Waals surface area contributed by atoms with Gasteiger partial charge in [0, 0.05) is 42.5 Å². The van der Waals surface area contributed by atoms with E-state index in [-0.39, 0.29) is 30.1 Å². The number of nitrogens with zero attached hydrogens (tertiary/aromatic N) is 1. The molecule has 4 rings (SSSR count). The van der Waals surface area contributed by atoms with Crippen molar-refractivity contribution in [2.75, 3.05) is 25.5 Å². The molecule has 0 unspecified atom stereocenters. The Balaban J connectivity index is 1.56. The lowest BCUT2D eigenvalue weighted by molar-refractivity contribution is -0.117. The Morgan fingerprint density at radius 1 is 1.27 bits per heavy atom. The number of rotatable bonds is 4. The number of fused-ring (bicyclic) bond motifs is 2. The molecule has 0 fully saturated rings. The van der Waals surface area contributed by atoms with Crippen LogP contribution in [0.3, 0.4) is 0 Å². The molecule has 0 bridgehead atoms. The molecule has 1 aromatic heterocycles. The summed E-state index contributed by atoms with van der Waals surface area (Å²) in [6.07, 6.45) is 0.536. The van der Waals surface area contributed by atoms with Crippen LogP contribution in [-0.4, -0.2) is 36.0 Å². The second-order valence-corrected chi connectivity index (χ2v) is 7.46. The standard InChI is InChI=1S/C21H18ClF2N3O3/c1-30-17-5-3-13(22)19-20(17)26-16-6-7-27(9-12(16)21(19)29)10-18(28)25-11-2-4-14(23)15(24)8-11/h2-5,8H,6-7,9-10H2,1H3,(H,25,28)(H,26,29). The average molecular weight is 434 g/mol. The van der Waals surface area contributed by atoms with Crippen LogP contribution in [0.5, 0.6) is 5.75 Å². The number of ether oxygens (including phenoxy) is 1. The molecule has 30 heavy (non-hydrogen) atoms. The van der Waals surface area contributed by atoms with E-state index >= 15 is 0 Å². The first-order valence-corrected chi connectivity index (χ1v) is 9.62. The largest absolute Gasteiger partial charge is 0.495 e. The Hall–Kier alpha value is -2.97. The molecule has 0 aliphatic carbocycles. The van der Waals surface area contributed by atoms with E-state index in [1.54, 1.807) is 12.1 Å². The van der Waals surface area contributed by atoms with Crippen LogP contribution in [0.4, 0.5) is 14.5 Å². The SMILES string of the molecule is COc1ccc(Cl)c2c(=O)c3c([nH]c12)CCN(CC(=O)Nc1ccc(F)c(F)c1)C3. The van der Waals surface area contributed by atoms with Gasteiger partial charge >= 0.3 is 0 Å². The van der Waals surface area contributed by atoms with Gasteiger partial charge in [-0.1, -0.05) is 11.6 Å². The quantitative estimate of drug-likeness (QED) is 0.660. The van der Waals surface area contributed by atoms with Crippen molar-refractivity contribution in [3.05, 3.63) is 68.5 Å². The molecule has 1 aliphatic heterocycles. The van der Waals surface area contributed by atoms with Crippen molar-refractivity contribution >= 4 is 34.1 Å². The lowest BCUT2D eigenvalue weighted by Crippen LogP contribution is -2.39. The number of nitrogens with one attached hydrogen (secondary N) is 2. The van der Waals surface area contributed by atoms with Crippen molar-refractivity contribution < 1.29 is 18.3 Å². The summed E-state index contributed by atoms with van der Waals surface area (Å²) in [5.74, 6) is -1.88. The Labute approximate surface area is 175 Å². The predicted molar refractivity (Wildman–Crippen MR) is 110 cm³/mol. The van der Waals surface area contributed by atoms with E-state index in [0.717, 1.165) is 17.8 Å². The van der Waals surface area contributed by atoms with Crippen LogP contribution in [0.15, 0.2) is 35.1 Å². The smallest absolute Gasteiger partial charge is 0.238 e. The van der Waals surface area contributed by atoms with Crippen LogP contribution in [0, 0.1) is 11.6 Å². The normalized spacial score (nSPS) is 13.9. The summed E-state index contributed by atoms with van der Waals surface area (Å²) in [4.78, 5) is 30.5. The number of pyridine rings is 1. The van der Waals surface area contributed by atoms with Gasteiger partial charge in [0.25, 0.3) is 0 Å². The highest BCUT2D eigenvalue weighted by Crippen LogP contribution is 2.30. The van der Waals surface area contributed by atoms with Crippen LogP contribution in [-0.2, 0) is 17.8 Å². The van der Waals surface area contributed by atoms with Crippen LogP contribution in [0.1, 0.15) is 11.3 Å². The summed E-state index contributed by atoms with van der Waals surface area (Å²) < 4.78 is 31.7. The molecule has 6 nitrogen and oxygen atoms in total. The number of hydrogen-bond donors (Lipinski definition) is 2. The maximum Gasteiger partial charge on any atom is 0.238 e. The van der Waals surface area contributed by atoms with E-state index in [0.29, 0.717) is 40.2 Å². The predicted octanol–water partition coefficient (Wildman–Crippen LogP) is 3.47. The third kappa shape index (κ3) is 3.76. The molecule has 1 amide bonds. The van der Waals surface area contributed by atoms with E-state index in [9.17, 15) is 18.4 Å². The Morgan fingerprint density at radius 2 is 2.07 bits per heavy atom. The van der Waals surface area contributed by atoms with Crippen LogP contribution in [0.25, 0.3) is 10.9 Å². The Kier molecular flexibility index (Phi) is 5.44. The number of carbonyl (C=O) groups is 1. The highest BCUT2D eigenvalue weighted by atomic mass is 35.5. The fraction of sp³-hybridized carbons (Fsp3) is 0.238. The molecule has 1 aliphatic rings. The lowest BCUT2D eigenvalue weighted by atomic mass is 10.0. The van der Waals surface area contributed by atoms with Crippen LogP contribution >= 0.6 is 11.6 Å². The molecule has 156 valence electrons. The number of benzene rings is 2. The van der Waals surface area contributed by atoms with Crippen molar-refractivity contribution in [2.45, 2.75) is 13.0 Å². The summed E-state index contributed by atoms with van der Waals surface area (Å²) in [5, 5.41) is 3.21. The van der Waals surface area contributed by atoms with E-state index in [4.69, 9.17) is 16.3 Å². The zero-order valence-corrected chi connectivity index (χ0v) is 16.8. The number of carbonyl (C=O) groups excluding carboxylic acids is 1. The summed E-state index contributed by atoms with van der Waals surface area (Å²) in [6, 6.07) is 6.47. The second-order valence-electron chi connectivity index (χ2n) is 7.05. The maximum absolute atomic E-state index is 13.3. The number of H-pyrrole nitrogens is 1. The van der Waals surface area contributed by atoms with E-state index in [1.165, 1.54) is 13.2 Å². The first kappa shape index (κ1) is 20.3. The van der Waals surface area contributed by atoms with Gasteiger partial charge in [-0.3, -0.25) is 14.5 Å².